The Morgan fingerprint density at radius 1 is 1.14 bits per heavy atom. The Hall–Kier alpha value is -0.160. The van der Waals surface area contributed by atoms with Crippen molar-refractivity contribution < 1.29 is 15.5 Å². The maximum Gasteiger partial charge on any atom is 0.109 e. The Balaban J connectivity index is 3.35. The first-order valence-corrected chi connectivity index (χ1v) is 5.56. The van der Waals surface area contributed by atoms with Crippen LogP contribution in [0.4, 0.5) is 0 Å². The molecule has 0 aliphatic carbocycles. The first kappa shape index (κ1) is 13.8. The van der Waals surface area contributed by atoms with Crippen LogP contribution in [0.2, 0.25) is 0 Å². The fourth-order valence-corrected chi connectivity index (χ4v) is 1.31. The molecule has 0 aliphatic rings. The largest absolute Gasteiger partial charge is 0.395 e. The van der Waals surface area contributed by atoms with E-state index < -0.39 is 0 Å². The first-order chi connectivity index (χ1) is 6.78. The predicted octanol–water partition coefficient (Wildman–Crippen LogP) is -1.32. The molecule has 2 atom stereocenters. The third-order valence-electron chi connectivity index (χ3n) is 2.55. The van der Waals surface area contributed by atoms with Crippen LogP contribution in [0.1, 0.15) is 26.7 Å². The highest BCUT2D eigenvalue weighted by molar-refractivity contribution is 4.61. The second kappa shape index (κ2) is 9.40. The summed E-state index contributed by atoms with van der Waals surface area (Å²) in [5.41, 5.74) is 0. The van der Waals surface area contributed by atoms with Crippen LogP contribution in [0.5, 0.6) is 0 Å². The van der Waals surface area contributed by atoms with Crippen molar-refractivity contribution in [2.24, 2.45) is 0 Å². The van der Waals surface area contributed by atoms with Gasteiger partial charge in [-0.25, -0.2) is 0 Å². The van der Waals surface area contributed by atoms with Gasteiger partial charge in [0.15, 0.2) is 0 Å². The molecule has 0 spiro atoms. The zero-order chi connectivity index (χ0) is 10.8. The number of rotatable bonds is 9. The number of nitrogens with one attached hydrogen (secondary N) is 1. The molecule has 0 aromatic heterocycles. The van der Waals surface area contributed by atoms with Gasteiger partial charge in [-0.2, -0.15) is 0 Å². The van der Waals surface area contributed by atoms with Gasteiger partial charge >= 0.3 is 0 Å². The number of quaternary nitrogens is 1. The molecule has 0 radical (unpaired) electrons. The van der Waals surface area contributed by atoms with Crippen LogP contribution >= 0.6 is 0 Å². The quantitative estimate of drug-likeness (QED) is 0.353. The van der Waals surface area contributed by atoms with Crippen LogP contribution < -0.4 is 10.6 Å². The van der Waals surface area contributed by atoms with Gasteiger partial charge in [-0.15, -0.1) is 0 Å². The van der Waals surface area contributed by atoms with Gasteiger partial charge in [-0.1, -0.05) is 13.8 Å². The molecule has 0 amide bonds. The molecule has 4 nitrogen and oxygen atoms in total. The summed E-state index contributed by atoms with van der Waals surface area (Å²) < 4.78 is 0. The molecule has 14 heavy (non-hydrogen) atoms. The van der Waals surface area contributed by atoms with E-state index in [2.05, 4.69) is 24.5 Å². The Labute approximate surface area is 86.7 Å². The summed E-state index contributed by atoms with van der Waals surface area (Å²) in [6.45, 7) is 6.42. The molecule has 86 valence electrons. The third-order valence-corrected chi connectivity index (χ3v) is 2.55. The van der Waals surface area contributed by atoms with E-state index in [0.29, 0.717) is 6.04 Å². The number of nitrogens with two attached hydrogens (primary N) is 1. The van der Waals surface area contributed by atoms with Crippen molar-refractivity contribution in [1.82, 2.24) is 5.32 Å². The van der Waals surface area contributed by atoms with Gasteiger partial charge in [0, 0.05) is 12.6 Å². The van der Waals surface area contributed by atoms with Gasteiger partial charge in [-0.05, 0) is 12.8 Å². The molecule has 0 saturated carbocycles. The van der Waals surface area contributed by atoms with E-state index in [-0.39, 0.29) is 19.3 Å². The maximum atomic E-state index is 8.94. The minimum absolute atomic E-state index is 0.202. The summed E-state index contributed by atoms with van der Waals surface area (Å²) in [5, 5.41) is 23.3. The molecule has 0 aliphatic heterocycles. The lowest BCUT2D eigenvalue weighted by Crippen LogP contribution is -2.92. The highest BCUT2D eigenvalue weighted by Crippen LogP contribution is 1.86. The van der Waals surface area contributed by atoms with E-state index in [9.17, 15) is 0 Å². The zero-order valence-electron chi connectivity index (χ0n) is 9.37. The molecule has 5 N–H and O–H groups in total. The standard InChI is InChI=1S/C10H24N2O2/c1-3-9(7-13)11-5-6-12-10(4-2)8-14/h9-14H,3-8H2,1-2H3/p+1/t9-,10-/m0/s1. The summed E-state index contributed by atoms with van der Waals surface area (Å²) in [6.07, 6.45) is 1.95. The minimum atomic E-state index is 0.202. The Morgan fingerprint density at radius 3 is 2.29 bits per heavy atom. The van der Waals surface area contributed by atoms with Gasteiger partial charge < -0.3 is 20.8 Å². The van der Waals surface area contributed by atoms with E-state index in [1.54, 1.807) is 0 Å². The fraction of sp³-hybridized carbons (Fsp3) is 1.00. The van der Waals surface area contributed by atoms with Crippen molar-refractivity contribution in [1.29, 1.82) is 0 Å². The average Bonchev–Trinajstić information content (AvgIpc) is 2.24. The highest BCUT2D eigenvalue weighted by Gasteiger charge is 2.07. The first-order valence-electron chi connectivity index (χ1n) is 5.56. The van der Waals surface area contributed by atoms with Crippen molar-refractivity contribution in [3.63, 3.8) is 0 Å². The number of aliphatic hydroxyl groups is 2. The van der Waals surface area contributed by atoms with E-state index in [0.717, 1.165) is 25.9 Å². The predicted molar refractivity (Wildman–Crippen MR) is 57.1 cm³/mol. The molecule has 0 rings (SSSR count). The Bertz CT molecular complexity index is 101. The summed E-state index contributed by atoms with van der Waals surface area (Å²) in [7, 11) is 0. The van der Waals surface area contributed by atoms with Crippen LogP contribution in [0.15, 0.2) is 0 Å². The smallest absolute Gasteiger partial charge is 0.109 e. The molecule has 0 heterocycles. The lowest BCUT2D eigenvalue weighted by atomic mass is 10.2. The van der Waals surface area contributed by atoms with Crippen LogP contribution in [0.25, 0.3) is 0 Å². The van der Waals surface area contributed by atoms with E-state index >= 15 is 0 Å². The maximum absolute atomic E-state index is 8.94. The molecule has 0 bridgehead atoms. The molecule has 0 fully saturated rings. The normalized spacial score (nSPS) is 15.4. The second-order valence-corrected chi connectivity index (χ2v) is 3.62. The minimum Gasteiger partial charge on any atom is -0.395 e. The van der Waals surface area contributed by atoms with E-state index in [1.807, 2.05) is 0 Å². The summed E-state index contributed by atoms with van der Waals surface area (Å²) >= 11 is 0. The molecular weight excluding hydrogens is 180 g/mol. The summed E-state index contributed by atoms with van der Waals surface area (Å²) in [5.74, 6) is 0. The van der Waals surface area contributed by atoms with Gasteiger partial charge in [0.25, 0.3) is 0 Å². The highest BCUT2D eigenvalue weighted by atomic mass is 16.3. The number of hydrogen-bond donors (Lipinski definition) is 4. The second-order valence-electron chi connectivity index (χ2n) is 3.62. The molecule has 4 heteroatoms. The molecule has 0 unspecified atom stereocenters. The van der Waals surface area contributed by atoms with E-state index in [4.69, 9.17) is 10.2 Å². The number of aliphatic hydroxyl groups excluding tert-OH is 2. The van der Waals surface area contributed by atoms with Crippen molar-refractivity contribution in [2.45, 2.75) is 38.8 Å². The zero-order valence-corrected chi connectivity index (χ0v) is 9.37. The van der Waals surface area contributed by atoms with Gasteiger partial charge in [0.2, 0.25) is 0 Å². The lowest BCUT2D eigenvalue weighted by Gasteiger charge is -2.15. The van der Waals surface area contributed by atoms with Gasteiger partial charge in [0.05, 0.1) is 19.8 Å². The third kappa shape index (κ3) is 6.32. The summed E-state index contributed by atoms with van der Waals surface area (Å²) in [4.78, 5) is 0. The molecule has 0 saturated heterocycles. The molecule has 0 aromatic carbocycles. The Morgan fingerprint density at radius 2 is 1.86 bits per heavy atom. The van der Waals surface area contributed by atoms with Crippen LogP contribution in [0, 0.1) is 0 Å². The fourth-order valence-electron chi connectivity index (χ4n) is 1.31. The lowest BCUT2D eigenvalue weighted by molar-refractivity contribution is -0.689. The van der Waals surface area contributed by atoms with Gasteiger partial charge in [-0.3, -0.25) is 0 Å². The van der Waals surface area contributed by atoms with Gasteiger partial charge in [0.1, 0.15) is 6.04 Å². The molecule has 0 aromatic rings. The van der Waals surface area contributed by atoms with Crippen LogP contribution in [0.3, 0.4) is 0 Å². The monoisotopic (exact) mass is 205 g/mol. The SMILES string of the molecule is CC[C@@H](CO)NCC[NH2+][C@@H](CC)CO. The van der Waals surface area contributed by atoms with Crippen LogP contribution in [-0.2, 0) is 0 Å². The topological polar surface area (TPSA) is 69.1 Å². The average molecular weight is 205 g/mol. The molecular formula is C10H25N2O2+. The number of hydrogen-bond acceptors (Lipinski definition) is 3. The van der Waals surface area contributed by atoms with Crippen molar-refractivity contribution in [2.75, 3.05) is 26.3 Å². The van der Waals surface area contributed by atoms with Crippen molar-refractivity contribution in [3.05, 3.63) is 0 Å². The Kier molecular flexibility index (Phi) is 9.29. The van der Waals surface area contributed by atoms with Crippen LogP contribution in [-0.4, -0.2) is 48.6 Å². The summed E-state index contributed by atoms with van der Waals surface area (Å²) in [6, 6.07) is 0.545. The van der Waals surface area contributed by atoms with E-state index in [1.165, 1.54) is 0 Å². The van der Waals surface area contributed by atoms with Crippen molar-refractivity contribution in [3.8, 4) is 0 Å². The van der Waals surface area contributed by atoms with Crippen molar-refractivity contribution >= 4 is 0 Å².